The number of hydrogen-bond acceptors (Lipinski definition) is 10. The quantitative estimate of drug-likeness (QED) is 0.0195. The first-order valence-electron chi connectivity index (χ1n) is 36.7. The minimum atomic E-state index is -1.62. The van der Waals surface area contributed by atoms with Crippen molar-refractivity contribution < 1.29 is 49.3 Å². The maximum atomic E-state index is 13.5. The highest BCUT2D eigenvalue weighted by atomic mass is 16.7. The molecule has 1 fully saturated rings. The van der Waals surface area contributed by atoms with Gasteiger partial charge in [0.2, 0.25) is 5.91 Å². The number of carbonyl (C=O) groups excluding carboxylic acids is 2. The van der Waals surface area contributed by atoms with Gasteiger partial charge in [0.1, 0.15) is 24.4 Å². The van der Waals surface area contributed by atoms with Gasteiger partial charge < -0.3 is 45.1 Å². The number of hydrogen-bond donors (Lipinski definition) is 6. The van der Waals surface area contributed by atoms with E-state index in [-0.39, 0.29) is 19.4 Å². The molecule has 1 heterocycles. The molecule has 0 aromatic carbocycles. The normalized spacial score (nSPS) is 18.6. The minimum absolute atomic E-state index is 0.101. The molecule has 0 bridgehead atoms. The van der Waals surface area contributed by atoms with Crippen LogP contribution in [0.4, 0.5) is 0 Å². The van der Waals surface area contributed by atoms with Crippen LogP contribution in [0.2, 0.25) is 0 Å². The molecule has 6 N–H and O–H groups in total. The third-order valence-electron chi connectivity index (χ3n) is 17.1. The molecule has 11 heteroatoms. The molecule has 8 unspecified atom stereocenters. The van der Waals surface area contributed by atoms with Crippen molar-refractivity contribution >= 4 is 11.9 Å². The van der Waals surface area contributed by atoms with Gasteiger partial charge in [-0.3, -0.25) is 9.59 Å². The SMILES string of the molecule is CCCCC/C=C\C/C=C\C/C=C\C/C=C\CCCCCCCC(=O)OC1C(OCC(NC(=O)C(O)CCCCCCCCCCCCCCCC/C=C/CCCCCCCC)C(O)/C=C/CCCCCCCCCCCCC)OC(CO)C(O)C1O. The molecule has 0 aromatic rings. The fourth-order valence-electron chi connectivity index (χ4n) is 11.3. The van der Waals surface area contributed by atoms with Gasteiger partial charge in [-0.05, 0) is 96.3 Å². The van der Waals surface area contributed by atoms with Gasteiger partial charge in [-0.1, -0.05) is 306 Å². The maximum absolute atomic E-state index is 13.5. The molecule has 8 atom stereocenters. The first-order valence-corrected chi connectivity index (χ1v) is 36.7. The molecule has 0 radical (unpaired) electrons. The van der Waals surface area contributed by atoms with Gasteiger partial charge in [0.25, 0.3) is 0 Å². The van der Waals surface area contributed by atoms with Crippen LogP contribution in [0, 0.1) is 0 Å². The molecule has 1 aliphatic rings. The third kappa shape index (κ3) is 50.4. The standard InChI is InChI=1S/C76H137NO10/c1-4-7-10-13-16-19-22-25-27-29-31-33-34-35-37-38-40-42-45-48-51-54-57-60-63-69(80)75(84)77-67(68(79)62-59-56-53-50-47-44-24-21-18-15-12-9-6-3)66-85-76-74(73(83)72(82)70(65-78)86-76)87-71(81)64-61-58-55-52-49-46-43-41-39-36-32-30-28-26-23-20-17-14-11-8-5-2/h17,20,25-28,32,36,41,43,59,62,67-70,72-74,76,78-80,82-83H,4-16,18-19,21-24,29-31,33-35,37-40,42,44-58,60-61,63-66H2,1-3H3,(H,77,84)/b20-17-,27-25+,28-26-,36-32-,43-41-,62-59+. The smallest absolute Gasteiger partial charge is 0.306 e. The minimum Gasteiger partial charge on any atom is -0.454 e. The van der Waals surface area contributed by atoms with Crippen LogP contribution in [0.1, 0.15) is 335 Å². The molecule has 1 rings (SSSR count). The summed E-state index contributed by atoms with van der Waals surface area (Å²) in [5.41, 5.74) is 0. The summed E-state index contributed by atoms with van der Waals surface area (Å²) < 4.78 is 17.7. The summed E-state index contributed by atoms with van der Waals surface area (Å²) in [5, 5.41) is 57.3. The molecule has 0 aliphatic carbocycles. The second-order valence-corrected chi connectivity index (χ2v) is 25.3. The number of amides is 1. The summed E-state index contributed by atoms with van der Waals surface area (Å²) in [6.45, 7) is 5.79. The van der Waals surface area contributed by atoms with Crippen molar-refractivity contribution in [2.75, 3.05) is 13.2 Å². The van der Waals surface area contributed by atoms with Crippen molar-refractivity contribution in [1.82, 2.24) is 5.32 Å². The number of unbranched alkanes of at least 4 members (excludes halogenated alkanes) is 39. The predicted molar refractivity (Wildman–Crippen MR) is 366 cm³/mol. The first-order chi connectivity index (χ1) is 42.7. The van der Waals surface area contributed by atoms with E-state index in [1.165, 1.54) is 199 Å². The number of carbonyl (C=O) groups is 2. The second kappa shape index (κ2) is 63.3. The average molecular weight is 1220 g/mol. The molecule has 1 aliphatic heterocycles. The molecule has 11 nitrogen and oxygen atoms in total. The summed E-state index contributed by atoms with van der Waals surface area (Å²) in [6, 6.07) is -1.03. The van der Waals surface area contributed by atoms with Crippen LogP contribution in [-0.4, -0.2) is 99.6 Å². The van der Waals surface area contributed by atoms with Gasteiger partial charge in [0.05, 0.1) is 25.4 Å². The molecule has 0 saturated carbocycles. The van der Waals surface area contributed by atoms with Crippen LogP contribution >= 0.6 is 0 Å². The molecule has 0 spiro atoms. The van der Waals surface area contributed by atoms with Crippen molar-refractivity contribution in [3.8, 4) is 0 Å². The monoisotopic (exact) mass is 1220 g/mol. The van der Waals surface area contributed by atoms with Crippen molar-refractivity contribution in [3.63, 3.8) is 0 Å². The number of aliphatic hydroxyl groups excluding tert-OH is 5. The van der Waals surface area contributed by atoms with Crippen molar-refractivity contribution in [3.05, 3.63) is 72.9 Å². The lowest BCUT2D eigenvalue weighted by atomic mass is 9.99. The zero-order valence-corrected chi connectivity index (χ0v) is 56.4. The van der Waals surface area contributed by atoms with Crippen LogP contribution in [-0.2, 0) is 23.8 Å². The Bertz CT molecular complexity index is 1690. The number of allylic oxidation sites excluding steroid dienone is 11. The average Bonchev–Trinajstić information content (AvgIpc) is 2.32. The first kappa shape index (κ1) is 82.1. The van der Waals surface area contributed by atoms with E-state index < -0.39 is 67.4 Å². The largest absolute Gasteiger partial charge is 0.454 e. The Kier molecular flexibility index (Phi) is 59.7. The van der Waals surface area contributed by atoms with E-state index in [0.717, 1.165) is 89.9 Å². The lowest BCUT2D eigenvalue weighted by molar-refractivity contribution is -0.305. The highest BCUT2D eigenvalue weighted by Crippen LogP contribution is 2.26. The Labute approximate surface area is 534 Å². The number of ether oxygens (including phenoxy) is 3. The van der Waals surface area contributed by atoms with E-state index in [1.54, 1.807) is 6.08 Å². The van der Waals surface area contributed by atoms with Crippen LogP contribution in [0.5, 0.6) is 0 Å². The topological polar surface area (TPSA) is 175 Å². The Morgan fingerprint density at radius 2 is 0.793 bits per heavy atom. The Morgan fingerprint density at radius 3 is 1.22 bits per heavy atom. The van der Waals surface area contributed by atoms with Gasteiger partial charge in [0, 0.05) is 6.42 Å². The van der Waals surface area contributed by atoms with Gasteiger partial charge >= 0.3 is 5.97 Å². The lowest BCUT2D eigenvalue weighted by Gasteiger charge is -2.41. The molecule has 0 aromatic heterocycles. The van der Waals surface area contributed by atoms with Crippen LogP contribution in [0.25, 0.3) is 0 Å². The molecule has 506 valence electrons. The van der Waals surface area contributed by atoms with Crippen molar-refractivity contribution in [2.45, 2.75) is 384 Å². The zero-order chi connectivity index (χ0) is 63.1. The summed E-state index contributed by atoms with van der Waals surface area (Å²) in [4.78, 5) is 26.7. The van der Waals surface area contributed by atoms with Crippen LogP contribution in [0.3, 0.4) is 0 Å². The highest BCUT2D eigenvalue weighted by Gasteiger charge is 2.47. The molecular formula is C76H137NO10. The number of esters is 1. The predicted octanol–water partition coefficient (Wildman–Crippen LogP) is 19.1. The Hall–Kier alpha value is -2.90. The van der Waals surface area contributed by atoms with E-state index in [1.807, 2.05) is 6.08 Å². The fourth-order valence-corrected chi connectivity index (χ4v) is 11.3. The van der Waals surface area contributed by atoms with Gasteiger partial charge in [0.15, 0.2) is 12.4 Å². The summed E-state index contributed by atoms with van der Waals surface area (Å²) in [5.74, 6) is -1.20. The van der Waals surface area contributed by atoms with E-state index >= 15 is 0 Å². The summed E-state index contributed by atoms with van der Waals surface area (Å²) >= 11 is 0. The number of aliphatic hydroxyl groups is 5. The summed E-state index contributed by atoms with van der Waals surface area (Å²) in [6.07, 6.45) is 72.2. The molecular weight excluding hydrogens is 1090 g/mol. The maximum Gasteiger partial charge on any atom is 0.306 e. The number of nitrogens with one attached hydrogen (secondary N) is 1. The van der Waals surface area contributed by atoms with Crippen molar-refractivity contribution in [2.24, 2.45) is 0 Å². The molecule has 1 saturated heterocycles. The Morgan fingerprint density at radius 1 is 0.448 bits per heavy atom. The third-order valence-corrected chi connectivity index (χ3v) is 17.1. The highest BCUT2D eigenvalue weighted by molar-refractivity contribution is 5.80. The molecule has 1 amide bonds. The van der Waals surface area contributed by atoms with E-state index in [9.17, 15) is 35.1 Å². The Balaban J connectivity index is 2.59. The van der Waals surface area contributed by atoms with Crippen LogP contribution < -0.4 is 5.32 Å². The zero-order valence-electron chi connectivity index (χ0n) is 56.4. The van der Waals surface area contributed by atoms with E-state index in [0.29, 0.717) is 12.8 Å². The van der Waals surface area contributed by atoms with Gasteiger partial charge in [-0.25, -0.2) is 0 Å². The lowest BCUT2D eigenvalue weighted by Crippen LogP contribution is -2.61. The second-order valence-electron chi connectivity index (χ2n) is 25.3. The van der Waals surface area contributed by atoms with E-state index in [2.05, 4.69) is 86.8 Å². The molecule has 87 heavy (non-hydrogen) atoms. The van der Waals surface area contributed by atoms with Crippen LogP contribution in [0.15, 0.2) is 72.9 Å². The van der Waals surface area contributed by atoms with Gasteiger partial charge in [-0.2, -0.15) is 0 Å². The summed E-state index contributed by atoms with van der Waals surface area (Å²) in [7, 11) is 0. The fraction of sp³-hybridized carbons (Fsp3) is 0.816. The van der Waals surface area contributed by atoms with Gasteiger partial charge in [-0.15, -0.1) is 0 Å². The van der Waals surface area contributed by atoms with Crippen molar-refractivity contribution in [1.29, 1.82) is 0 Å². The number of rotatable bonds is 63. The van der Waals surface area contributed by atoms with E-state index in [4.69, 9.17) is 14.2 Å².